The average molecular weight is 255 g/mol. The smallest absolute Gasteiger partial charge is 0.138 e. The normalized spacial score (nSPS) is 19.2. The minimum Gasteiger partial charge on any atom is -0.399 e. The molecule has 0 bridgehead atoms. The summed E-state index contributed by atoms with van der Waals surface area (Å²) in [5.41, 5.74) is 6.29. The van der Waals surface area contributed by atoms with Crippen molar-refractivity contribution < 1.29 is 4.39 Å². The molecule has 1 heterocycles. The molecule has 94 valence electrons. The first-order valence-electron chi connectivity index (χ1n) is 5.81. The van der Waals surface area contributed by atoms with Crippen molar-refractivity contribution in [2.24, 2.45) is 0 Å². The summed E-state index contributed by atoms with van der Waals surface area (Å²) in [7, 11) is 2.12. The lowest BCUT2D eigenvalue weighted by molar-refractivity contribution is 0.351. The number of likely N-dealkylation sites (N-methyl/N-ethyl adjacent to an activating group) is 1. The van der Waals surface area contributed by atoms with Gasteiger partial charge in [-0.25, -0.2) is 8.70 Å². The SMILES string of the molecule is CN1CCCN(Sc2cc(N)ccc2F)CC1. The molecule has 1 aromatic rings. The zero-order chi connectivity index (χ0) is 12.3. The molecule has 5 heteroatoms. The highest BCUT2D eigenvalue weighted by Crippen LogP contribution is 2.27. The van der Waals surface area contributed by atoms with Gasteiger partial charge >= 0.3 is 0 Å². The molecule has 0 atom stereocenters. The third-order valence-corrected chi connectivity index (χ3v) is 3.99. The summed E-state index contributed by atoms with van der Waals surface area (Å²) in [5, 5.41) is 0. The highest BCUT2D eigenvalue weighted by atomic mass is 32.2. The Morgan fingerprint density at radius 1 is 1.24 bits per heavy atom. The zero-order valence-electron chi connectivity index (χ0n) is 10.0. The molecule has 1 aliphatic heterocycles. The molecule has 1 saturated heterocycles. The second kappa shape index (κ2) is 5.71. The maximum absolute atomic E-state index is 13.6. The Morgan fingerprint density at radius 2 is 2.06 bits per heavy atom. The Balaban J connectivity index is 2.02. The Bertz CT molecular complexity index is 386. The van der Waals surface area contributed by atoms with Crippen LogP contribution in [0.1, 0.15) is 6.42 Å². The zero-order valence-corrected chi connectivity index (χ0v) is 10.8. The molecule has 0 spiro atoms. The third kappa shape index (κ3) is 3.59. The van der Waals surface area contributed by atoms with Crippen LogP contribution in [0.3, 0.4) is 0 Å². The molecular weight excluding hydrogens is 237 g/mol. The molecule has 0 unspecified atom stereocenters. The molecule has 1 fully saturated rings. The number of nitrogens with two attached hydrogens (primary N) is 1. The van der Waals surface area contributed by atoms with E-state index in [1.165, 1.54) is 18.0 Å². The first-order chi connectivity index (χ1) is 8.15. The molecule has 2 N–H and O–H groups in total. The van der Waals surface area contributed by atoms with Gasteiger partial charge in [-0.3, -0.25) is 0 Å². The second-order valence-electron chi connectivity index (χ2n) is 4.37. The van der Waals surface area contributed by atoms with Crippen LogP contribution >= 0.6 is 11.9 Å². The van der Waals surface area contributed by atoms with Crippen LogP contribution in [0.2, 0.25) is 0 Å². The van der Waals surface area contributed by atoms with Gasteiger partial charge in [-0.05, 0) is 50.2 Å². The van der Waals surface area contributed by atoms with Gasteiger partial charge in [0, 0.05) is 25.3 Å². The molecule has 0 aromatic heterocycles. The summed E-state index contributed by atoms with van der Waals surface area (Å²) in [6.45, 7) is 4.08. The van der Waals surface area contributed by atoms with Gasteiger partial charge in [0.25, 0.3) is 0 Å². The van der Waals surface area contributed by atoms with Crippen LogP contribution in [0.4, 0.5) is 10.1 Å². The topological polar surface area (TPSA) is 32.5 Å². The molecule has 3 nitrogen and oxygen atoms in total. The number of nitrogens with zero attached hydrogens (tertiary/aromatic N) is 2. The number of hydrogen-bond acceptors (Lipinski definition) is 4. The fourth-order valence-corrected chi connectivity index (χ4v) is 2.86. The van der Waals surface area contributed by atoms with Crippen molar-refractivity contribution in [1.82, 2.24) is 9.21 Å². The Kier molecular flexibility index (Phi) is 4.25. The van der Waals surface area contributed by atoms with Gasteiger partial charge in [0.2, 0.25) is 0 Å². The van der Waals surface area contributed by atoms with Gasteiger partial charge in [-0.15, -0.1) is 0 Å². The van der Waals surface area contributed by atoms with E-state index in [4.69, 9.17) is 5.73 Å². The number of anilines is 1. The third-order valence-electron chi connectivity index (χ3n) is 2.86. The molecule has 1 aromatic carbocycles. The summed E-state index contributed by atoms with van der Waals surface area (Å²) in [6, 6.07) is 4.73. The summed E-state index contributed by atoms with van der Waals surface area (Å²) in [5.74, 6) is -0.193. The van der Waals surface area contributed by atoms with Crippen LogP contribution in [0.25, 0.3) is 0 Å². The molecular formula is C12H18FN3S. The summed E-state index contributed by atoms with van der Waals surface area (Å²) < 4.78 is 15.8. The number of hydrogen-bond donors (Lipinski definition) is 1. The molecule has 0 saturated carbocycles. The monoisotopic (exact) mass is 255 g/mol. The lowest BCUT2D eigenvalue weighted by atomic mass is 10.3. The van der Waals surface area contributed by atoms with Crippen LogP contribution in [0.15, 0.2) is 23.1 Å². The first kappa shape index (κ1) is 12.7. The van der Waals surface area contributed by atoms with Gasteiger partial charge < -0.3 is 10.6 Å². The minimum atomic E-state index is -0.193. The highest BCUT2D eigenvalue weighted by molar-refractivity contribution is 7.97. The van der Waals surface area contributed by atoms with Gasteiger partial charge in [0.1, 0.15) is 5.82 Å². The van der Waals surface area contributed by atoms with Gasteiger partial charge in [-0.2, -0.15) is 0 Å². The van der Waals surface area contributed by atoms with E-state index in [2.05, 4.69) is 16.3 Å². The first-order valence-corrected chi connectivity index (χ1v) is 6.59. The van der Waals surface area contributed by atoms with Crippen LogP contribution in [-0.2, 0) is 0 Å². The lowest BCUT2D eigenvalue weighted by Crippen LogP contribution is -2.24. The van der Waals surface area contributed by atoms with E-state index in [0.717, 1.165) is 32.6 Å². The van der Waals surface area contributed by atoms with E-state index in [-0.39, 0.29) is 5.82 Å². The number of halogens is 1. The Morgan fingerprint density at radius 3 is 2.88 bits per heavy atom. The van der Waals surface area contributed by atoms with E-state index in [0.29, 0.717) is 10.6 Å². The van der Waals surface area contributed by atoms with Crippen molar-refractivity contribution >= 4 is 17.6 Å². The maximum Gasteiger partial charge on any atom is 0.138 e. The van der Waals surface area contributed by atoms with E-state index in [1.807, 2.05) is 0 Å². The van der Waals surface area contributed by atoms with E-state index < -0.39 is 0 Å². The van der Waals surface area contributed by atoms with Crippen LogP contribution < -0.4 is 5.73 Å². The fraction of sp³-hybridized carbons (Fsp3) is 0.500. The Hall–Kier alpha value is -0.780. The van der Waals surface area contributed by atoms with Crippen LogP contribution in [0.5, 0.6) is 0 Å². The van der Waals surface area contributed by atoms with Crippen molar-refractivity contribution in [1.29, 1.82) is 0 Å². The maximum atomic E-state index is 13.6. The average Bonchev–Trinajstić information content (AvgIpc) is 2.49. The van der Waals surface area contributed by atoms with Gasteiger partial charge in [0.05, 0.1) is 4.90 Å². The van der Waals surface area contributed by atoms with Gasteiger partial charge in [0.15, 0.2) is 0 Å². The summed E-state index contributed by atoms with van der Waals surface area (Å²) >= 11 is 1.47. The van der Waals surface area contributed by atoms with Crippen molar-refractivity contribution in [2.45, 2.75) is 11.3 Å². The highest BCUT2D eigenvalue weighted by Gasteiger charge is 2.15. The fourth-order valence-electron chi connectivity index (χ4n) is 1.84. The minimum absolute atomic E-state index is 0.193. The molecule has 0 radical (unpaired) electrons. The molecule has 0 aliphatic carbocycles. The number of rotatable bonds is 2. The van der Waals surface area contributed by atoms with Crippen LogP contribution in [-0.4, -0.2) is 42.4 Å². The van der Waals surface area contributed by atoms with Crippen molar-refractivity contribution in [3.8, 4) is 0 Å². The van der Waals surface area contributed by atoms with Crippen molar-refractivity contribution in [2.75, 3.05) is 39.0 Å². The van der Waals surface area contributed by atoms with Crippen molar-refractivity contribution in [3.63, 3.8) is 0 Å². The van der Waals surface area contributed by atoms with E-state index >= 15 is 0 Å². The largest absolute Gasteiger partial charge is 0.399 e. The second-order valence-corrected chi connectivity index (χ2v) is 5.51. The summed E-state index contributed by atoms with van der Waals surface area (Å²) in [4.78, 5) is 2.92. The Labute approximate surface area is 106 Å². The van der Waals surface area contributed by atoms with Crippen LogP contribution in [0, 0.1) is 5.82 Å². The number of benzene rings is 1. The quantitative estimate of drug-likeness (QED) is 0.647. The standard InChI is InChI=1S/C12H18FN3S/c1-15-5-2-6-16(8-7-15)17-12-9-10(14)3-4-11(12)13/h3-4,9H,2,5-8,14H2,1H3. The predicted octanol–water partition coefficient (Wildman–Crippen LogP) is 2.05. The molecule has 0 amide bonds. The predicted molar refractivity (Wildman–Crippen MR) is 70.4 cm³/mol. The number of nitrogen functional groups attached to an aromatic ring is 1. The van der Waals surface area contributed by atoms with E-state index in [9.17, 15) is 4.39 Å². The summed E-state index contributed by atoms with van der Waals surface area (Å²) in [6.07, 6.45) is 1.12. The molecule has 17 heavy (non-hydrogen) atoms. The van der Waals surface area contributed by atoms with Gasteiger partial charge in [-0.1, -0.05) is 0 Å². The molecule has 2 rings (SSSR count). The lowest BCUT2D eigenvalue weighted by Gasteiger charge is -2.19. The molecule has 1 aliphatic rings. The van der Waals surface area contributed by atoms with E-state index in [1.54, 1.807) is 12.1 Å². The van der Waals surface area contributed by atoms with Crippen molar-refractivity contribution in [3.05, 3.63) is 24.0 Å².